The monoisotopic (exact) mass is 352 g/mol. The summed E-state index contributed by atoms with van der Waals surface area (Å²) >= 11 is 3.16. The number of carbonyl (C=O) groups is 1. The van der Waals surface area contributed by atoms with Crippen LogP contribution in [0.15, 0.2) is 41.0 Å². The van der Waals surface area contributed by atoms with Gasteiger partial charge in [0, 0.05) is 16.7 Å². The minimum absolute atomic E-state index is 0.0576. The SMILES string of the molecule is O=C(O)c1ncccc1OCc1ccc(Br)cc1[N+](=O)[O-]. The van der Waals surface area contributed by atoms with E-state index in [1.807, 2.05) is 0 Å². The maximum atomic E-state index is 11.0. The van der Waals surface area contributed by atoms with Crippen LogP contribution in [0.5, 0.6) is 5.75 Å². The number of aromatic nitrogens is 1. The molecule has 0 fully saturated rings. The number of benzene rings is 1. The van der Waals surface area contributed by atoms with Crippen molar-refractivity contribution in [3.63, 3.8) is 0 Å². The van der Waals surface area contributed by atoms with E-state index in [1.54, 1.807) is 12.1 Å². The number of ether oxygens (including phenoxy) is 1. The van der Waals surface area contributed by atoms with E-state index in [0.29, 0.717) is 10.0 Å². The summed E-state index contributed by atoms with van der Waals surface area (Å²) in [4.78, 5) is 25.2. The Hall–Kier alpha value is -2.48. The second kappa shape index (κ2) is 6.31. The molecule has 0 saturated heterocycles. The molecule has 8 heteroatoms. The summed E-state index contributed by atoms with van der Waals surface area (Å²) in [5, 5.41) is 20.0. The van der Waals surface area contributed by atoms with Crippen LogP contribution in [0, 0.1) is 10.1 Å². The van der Waals surface area contributed by atoms with Crippen molar-refractivity contribution in [2.45, 2.75) is 6.61 Å². The predicted octanol–water partition coefficient (Wildman–Crippen LogP) is 3.03. The fourth-order valence-corrected chi connectivity index (χ4v) is 2.00. The van der Waals surface area contributed by atoms with E-state index in [9.17, 15) is 14.9 Å². The molecule has 0 spiro atoms. The molecule has 0 unspecified atom stereocenters. The number of nitrogens with zero attached hydrogens (tertiary/aromatic N) is 2. The van der Waals surface area contributed by atoms with Crippen LogP contribution in [0.25, 0.3) is 0 Å². The standard InChI is InChI=1S/C13H9BrN2O5/c14-9-4-3-8(10(6-9)16(19)20)7-21-11-2-1-5-15-12(11)13(17)18/h1-6H,7H2,(H,17,18). The highest BCUT2D eigenvalue weighted by atomic mass is 79.9. The fourth-order valence-electron chi connectivity index (χ4n) is 1.65. The topological polar surface area (TPSA) is 103 Å². The fraction of sp³-hybridized carbons (Fsp3) is 0.0769. The first-order chi connectivity index (χ1) is 9.99. The molecule has 1 heterocycles. The molecule has 0 radical (unpaired) electrons. The maximum Gasteiger partial charge on any atom is 0.358 e. The van der Waals surface area contributed by atoms with Gasteiger partial charge in [0.2, 0.25) is 0 Å². The van der Waals surface area contributed by atoms with Crippen molar-refractivity contribution in [1.82, 2.24) is 4.98 Å². The third-order valence-corrected chi connectivity index (χ3v) is 3.09. The van der Waals surface area contributed by atoms with E-state index in [4.69, 9.17) is 9.84 Å². The molecule has 0 saturated carbocycles. The Morgan fingerprint density at radius 3 is 2.86 bits per heavy atom. The van der Waals surface area contributed by atoms with E-state index in [-0.39, 0.29) is 23.7 Å². The van der Waals surface area contributed by atoms with Gasteiger partial charge >= 0.3 is 5.97 Å². The lowest BCUT2D eigenvalue weighted by Crippen LogP contribution is -2.06. The van der Waals surface area contributed by atoms with Crippen LogP contribution in [0.4, 0.5) is 5.69 Å². The third kappa shape index (κ3) is 3.54. The Kier molecular flexibility index (Phi) is 4.49. The largest absolute Gasteiger partial charge is 0.486 e. The first kappa shape index (κ1) is 14.9. The number of rotatable bonds is 5. The summed E-state index contributed by atoms with van der Waals surface area (Å²) in [5.41, 5.74) is -0.00852. The number of carboxylic acids is 1. The lowest BCUT2D eigenvalue weighted by atomic mass is 10.2. The molecular weight excluding hydrogens is 344 g/mol. The van der Waals surface area contributed by atoms with Gasteiger partial charge in [-0.1, -0.05) is 15.9 Å². The van der Waals surface area contributed by atoms with Crippen molar-refractivity contribution >= 4 is 27.6 Å². The molecule has 2 rings (SSSR count). The van der Waals surface area contributed by atoms with Crippen LogP contribution >= 0.6 is 15.9 Å². The number of aromatic carboxylic acids is 1. The summed E-state index contributed by atoms with van der Waals surface area (Å²) in [7, 11) is 0. The van der Waals surface area contributed by atoms with Crippen LogP contribution in [0.2, 0.25) is 0 Å². The third-order valence-electron chi connectivity index (χ3n) is 2.60. The molecule has 0 amide bonds. The van der Waals surface area contributed by atoms with Gasteiger partial charge in [0.15, 0.2) is 11.4 Å². The molecule has 0 aliphatic rings. The number of hydrogen-bond donors (Lipinski definition) is 1. The maximum absolute atomic E-state index is 11.0. The van der Waals surface area contributed by atoms with Crippen LogP contribution in [0.3, 0.4) is 0 Å². The summed E-state index contributed by atoms with van der Waals surface area (Å²) in [5.74, 6) is -1.17. The van der Waals surface area contributed by atoms with Gasteiger partial charge < -0.3 is 9.84 Å². The number of nitro benzene ring substituents is 1. The highest BCUT2D eigenvalue weighted by molar-refractivity contribution is 9.10. The minimum atomic E-state index is -1.23. The lowest BCUT2D eigenvalue weighted by Gasteiger charge is -2.08. The van der Waals surface area contributed by atoms with Gasteiger partial charge in [-0.3, -0.25) is 10.1 Å². The second-order valence-corrected chi connectivity index (χ2v) is 4.89. The number of pyridine rings is 1. The highest BCUT2D eigenvalue weighted by Crippen LogP contribution is 2.25. The average molecular weight is 353 g/mol. The number of carboxylic acid groups (broad SMARTS) is 1. The van der Waals surface area contributed by atoms with Gasteiger partial charge in [-0.25, -0.2) is 9.78 Å². The van der Waals surface area contributed by atoms with E-state index < -0.39 is 10.9 Å². The quantitative estimate of drug-likeness (QED) is 0.655. The second-order valence-electron chi connectivity index (χ2n) is 3.97. The number of halogens is 1. The van der Waals surface area contributed by atoms with E-state index in [0.717, 1.165) is 0 Å². The van der Waals surface area contributed by atoms with Gasteiger partial charge in [-0.15, -0.1) is 0 Å². The predicted molar refractivity (Wildman–Crippen MR) is 76.3 cm³/mol. The van der Waals surface area contributed by atoms with Crippen molar-refractivity contribution in [2.75, 3.05) is 0 Å². The summed E-state index contributed by atoms with van der Waals surface area (Å²) in [6, 6.07) is 7.52. The van der Waals surface area contributed by atoms with E-state index in [2.05, 4.69) is 20.9 Å². The Bertz CT molecular complexity index is 705. The van der Waals surface area contributed by atoms with Gasteiger partial charge in [-0.05, 0) is 24.3 Å². The molecule has 0 atom stereocenters. The van der Waals surface area contributed by atoms with E-state index >= 15 is 0 Å². The van der Waals surface area contributed by atoms with Crippen molar-refractivity contribution < 1.29 is 19.6 Å². The van der Waals surface area contributed by atoms with Gasteiger partial charge in [-0.2, -0.15) is 0 Å². The van der Waals surface area contributed by atoms with Crippen molar-refractivity contribution in [2.24, 2.45) is 0 Å². The first-order valence-corrected chi connectivity index (χ1v) is 6.52. The van der Waals surface area contributed by atoms with Crippen molar-refractivity contribution in [1.29, 1.82) is 0 Å². The minimum Gasteiger partial charge on any atom is -0.486 e. The average Bonchev–Trinajstić information content (AvgIpc) is 2.46. The van der Waals surface area contributed by atoms with Crippen molar-refractivity contribution in [3.05, 3.63) is 62.4 Å². The Labute approximate surface area is 127 Å². The van der Waals surface area contributed by atoms with Crippen LogP contribution in [-0.2, 0) is 6.61 Å². The Morgan fingerprint density at radius 2 is 2.19 bits per heavy atom. The zero-order valence-corrected chi connectivity index (χ0v) is 12.1. The Morgan fingerprint density at radius 1 is 1.43 bits per heavy atom. The molecule has 0 aliphatic heterocycles. The molecule has 108 valence electrons. The normalized spacial score (nSPS) is 10.1. The summed E-state index contributed by atoms with van der Waals surface area (Å²) < 4.78 is 5.93. The zero-order chi connectivity index (χ0) is 15.4. The van der Waals surface area contributed by atoms with Crippen LogP contribution in [-0.4, -0.2) is 21.0 Å². The smallest absolute Gasteiger partial charge is 0.358 e. The van der Waals surface area contributed by atoms with Gasteiger partial charge in [0.25, 0.3) is 5.69 Å². The number of nitro groups is 1. The van der Waals surface area contributed by atoms with Crippen LogP contribution < -0.4 is 4.74 Å². The molecule has 7 nitrogen and oxygen atoms in total. The van der Waals surface area contributed by atoms with Crippen LogP contribution in [0.1, 0.15) is 16.1 Å². The number of hydrogen-bond acceptors (Lipinski definition) is 5. The molecule has 1 aromatic carbocycles. The molecular formula is C13H9BrN2O5. The first-order valence-electron chi connectivity index (χ1n) is 5.73. The van der Waals surface area contributed by atoms with E-state index in [1.165, 1.54) is 24.4 Å². The highest BCUT2D eigenvalue weighted by Gasteiger charge is 2.17. The molecule has 1 aromatic heterocycles. The lowest BCUT2D eigenvalue weighted by molar-refractivity contribution is -0.385. The molecule has 0 bridgehead atoms. The molecule has 1 N–H and O–H groups in total. The van der Waals surface area contributed by atoms with Gasteiger partial charge in [0.05, 0.1) is 10.5 Å². The van der Waals surface area contributed by atoms with Crippen molar-refractivity contribution in [3.8, 4) is 5.75 Å². The molecule has 21 heavy (non-hydrogen) atoms. The molecule has 2 aromatic rings. The molecule has 0 aliphatic carbocycles. The summed E-state index contributed by atoms with van der Waals surface area (Å²) in [6.45, 7) is -0.129. The summed E-state index contributed by atoms with van der Waals surface area (Å²) in [6.07, 6.45) is 1.33. The van der Waals surface area contributed by atoms with Gasteiger partial charge in [0.1, 0.15) is 6.61 Å². The Balaban J connectivity index is 2.25. The zero-order valence-electron chi connectivity index (χ0n) is 10.5.